The second kappa shape index (κ2) is 18.6. The van der Waals surface area contributed by atoms with Gasteiger partial charge in [-0.15, -0.1) is 66.5 Å². The topological polar surface area (TPSA) is 6.48 Å². The lowest BCUT2D eigenvalue weighted by atomic mass is 10.0. The molecule has 272 valence electrons. The molecule has 6 aromatic rings. The maximum Gasteiger partial charge on any atom is 0.341 e. The Morgan fingerprint density at radius 1 is 0.358 bits per heavy atom. The van der Waals surface area contributed by atoms with E-state index in [4.69, 9.17) is 66.5 Å². The summed E-state index contributed by atoms with van der Waals surface area (Å²) in [5, 5.41) is 0. The molecule has 0 heterocycles. The summed E-state index contributed by atoms with van der Waals surface area (Å²) in [6, 6.07) is 52.2. The highest BCUT2D eigenvalue weighted by Crippen LogP contribution is 2.37. The smallest absolute Gasteiger partial charge is 0.337 e. The normalized spacial score (nSPS) is 11.7. The zero-order valence-electron chi connectivity index (χ0n) is 29.1. The van der Waals surface area contributed by atoms with E-state index in [0.717, 1.165) is 71.8 Å². The molecule has 0 fully saturated rings. The molecule has 0 atom stereocenters. The SMILES string of the molecule is Cl[Si](Cl)(Cl)CCCc1ccc(CN(c2ccccc2)c2ccc(-c3ccc(N(c4ccccc4)c4ccc(CCC[Si](Cl)(Cl)Cl)cc4)cc3)cc2)cc1. The van der Waals surface area contributed by atoms with E-state index >= 15 is 0 Å². The predicted molar refractivity (Wildman–Crippen MR) is 238 cm³/mol. The average Bonchev–Trinajstić information content (AvgIpc) is 3.15. The highest BCUT2D eigenvalue weighted by atomic mass is 35.8. The van der Waals surface area contributed by atoms with Crippen LogP contribution in [0.1, 0.15) is 29.5 Å². The van der Waals surface area contributed by atoms with E-state index in [1.54, 1.807) is 0 Å². The number of aryl methyl sites for hydroxylation is 2. The van der Waals surface area contributed by atoms with Crippen molar-refractivity contribution in [3.05, 3.63) is 174 Å². The third-order valence-electron chi connectivity index (χ3n) is 9.13. The fraction of sp³-hybridized carbons (Fsp3) is 0.163. The van der Waals surface area contributed by atoms with Crippen molar-refractivity contribution in [3.8, 4) is 11.1 Å². The maximum atomic E-state index is 6.10. The zero-order chi connectivity index (χ0) is 37.3. The van der Waals surface area contributed by atoms with Gasteiger partial charge < -0.3 is 9.80 Å². The van der Waals surface area contributed by atoms with Gasteiger partial charge in [0.05, 0.1) is 0 Å². The number of rotatable bonds is 16. The van der Waals surface area contributed by atoms with Gasteiger partial charge in [-0.05, 0) is 126 Å². The van der Waals surface area contributed by atoms with Gasteiger partial charge in [-0.25, -0.2) is 0 Å². The van der Waals surface area contributed by atoms with Crippen molar-refractivity contribution in [1.82, 2.24) is 0 Å². The molecule has 0 bridgehead atoms. The standard InChI is InChI=1S/C43H40Cl6N2Si2/c44-52(45,46)31-7-9-34-15-17-36(18-16-34)33-50(39-11-3-1-4-12-39)40-27-21-37(22-28-40)38-23-29-43(30-24-38)51(41-13-5-2-6-14-41)42-25-19-35(20-26-42)10-8-32-53(47,48)49/h1-6,11-30H,7-10,31-33H2. The molecule has 0 aliphatic carbocycles. The molecule has 6 aromatic carbocycles. The molecule has 10 heteroatoms. The highest BCUT2D eigenvalue weighted by Gasteiger charge is 2.24. The zero-order valence-corrected chi connectivity index (χ0v) is 35.7. The molecule has 53 heavy (non-hydrogen) atoms. The monoisotopic (exact) mass is 850 g/mol. The largest absolute Gasteiger partial charge is 0.341 e. The summed E-state index contributed by atoms with van der Waals surface area (Å²) in [6.45, 7) is 0.742. The molecule has 0 saturated carbocycles. The number of hydrogen-bond donors (Lipinski definition) is 0. The minimum atomic E-state index is -2.60. The molecular weight excluding hydrogens is 813 g/mol. The van der Waals surface area contributed by atoms with Crippen molar-refractivity contribution in [2.45, 2.75) is 44.3 Å². The minimum Gasteiger partial charge on any atom is -0.337 e. The Balaban J connectivity index is 1.18. The summed E-state index contributed by atoms with van der Waals surface area (Å²) in [7, 11) is 0. The van der Waals surface area contributed by atoms with Gasteiger partial charge in [-0.2, -0.15) is 0 Å². The molecular formula is C43H40Cl6N2Si2. The van der Waals surface area contributed by atoms with Gasteiger partial charge in [0.1, 0.15) is 0 Å². The first-order valence-corrected chi connectivity index (χ1v) is 28.2. The lowest BCUT2D eigenvalue weighted by Crippen LogP contribution is -2.16. The van der Waals surface area contributed by atoms with Crippen LogP contribution < -0.4 is 9.80 Å². The molecule has 2 nitrogen and oxygen atoms in total. The van der Waals surface area contributed by atoms with Gasteiger partial charge in [0.15, 0.2) is 0 Å². The van der Waals surface area contributed by atoms with Crippen molar-refractivity contribution in [1.29, 1.82) is 0 Å². The minimum absolute atomic E-state index is 0.661. The number of anilines is 5. The van der Waals surface area contributed by atoms with Crippen LogP contribution in [0.3, 0.4) is 0 Å². The van der Waals surface area contributed by atoms with E-state index in [0.29, 0.717) is 12.1 Å². The predicted octanol–water partition coefficient (Wildman–Crippen LogP) is 15.3. The molecule has 0 unspecified atom stereocenters. The summed E-state index contributed by atoms with van der Waals surface area (Å²) >= 11 is 36.5. The molecule has 0 aliphatic rings. The number of hydrogen-bond acceptors (Lipinski definition) is 2. The first kappa shape index (κ1) is 39.8. The molecule has 0 N–H and O–H groups in total. The van der Waals surface area contributed by atoms with Crippen LogP contribution in [0.25, 0.3) is 11.1 Å². The molecule has 0 radical (unpaired) electrons. The third-order valence-corrected chi connectivity index (χ3v) is 14.4. The Labute approximate surface area is 344 Å². The van der Waals surface area contributed by atoms with Crippen molar-refractivity contribution in [3.63, 3.8) is 0 Å². The molecule has 0 amide bonds. The van der Waals surface area contributed by atoms with E-state index in [9.17, 15) is 0 Å². The fourth-order valence-electron chi connectivity index (χ4n) is 6.39. The van der Waals surface area contributed by atoms with E-state index in [1.807, 2.05) is 6.07 Å². The highest BCUT2D eigenvalue weighted by molar-refractivity contribution is 7.65. The summed E-state index contributed by atoms with van der Waals surface area (Å²) in [5.41, 5.74) is 11.6. The maximum absolute atomic E-state index is 6.10. The second-order valence-electron chi connectivity index (χ2n) is 13.1. The molecule has 0 aliphatic heterocycles. The average molecular weight is 854 g/mol. The number of nitrogens with zero attached hydrogens (tertiary/aromatic N) is 2. The summed E-state index contributed by atoms with van der Waals surface area (Å²) in [6.07, 6.45) is 3.55. The van der Waals surface area contributed by atoms with Crippen molar-refractivity contribution < 1.29 is 0 Å². The van der Waals surface area contributed by atoms with Gasteiger partial charge in [-0.3, -0.25) is 0 Å². The van der Waals surface area contributed by atoms with E-state index in [-0.39, 0.29) is 0 Å². The van der Waals surface area contributed by atoms with Crippen LogP contribution in [0.4, 0.5) is 28.4 Å². The first-order valence-electron chi connectivity index (χ1n) is 17.7. The molecule has 0 saturated heterocycles. The number of benzene rings is 6. The fourth-order valence-corrected chi connectivity index (χ4v) is 9.95. The first-order chi connectivity index (χ1) is 25.5. The Morgan fingerprint density at radius 2 is 0.698 bits per heavy atom. The Kier molecular flexibility index (Phi) is 14.0. The van der Waals surface area contributed by atoms with E-state index in [1.165, 1.54) is 16.7 Å². The number of para-hydroxylation sites is 2. The van der Waals surface area contributed by atoms with Crippen LogP contribution in [0, 0.1) is 0 Å². The summed E-state index contributed by atoms with van der Waals surface area (Å²) in [5.74, 6) is 0. The van der Waals surface area contributed by atoms with Gasteiger partial charge in [-0.1, -0.05) is 97.1 Å². The van der Waals surface area contributed by atoms with Crippen LogP contribution in [-0.4, -0.2) is 12.0 Å². The van der Waals surface area contributed by atoms with Crippen LogP contribution in [0.15, 0.2) is 158 Å². The van der Waals surface area contributed by atoms with Crippen molar-refractivity contribution in [2.24, 2.45) is 0 Å². The Hall–Kier alpha value is -2.91. The van der Waals surface area contributed by atoms with Gasteiger partial charge in [0.25, 0.3) is 0 Å². The Bertz CT molecular complexity index is 2000. The van der Waals surface area contributed by atoms with Gasteiger partial charge in [0.2, 0.25) is 0 Å². The lowest BCUT2D eigenvalue weighted by Gasteiger charge is -2.26. The van der Waals surface area contributed by atoms with Gasteiger partial charge >= 0.3 is 12.0 Å². The lowest BCUT2D eigenvalue weighted by molar-refractivity contribution is 0.910. The quantitative estimate of drug-likeness (QED) is 0.0707. The van der Waals surface area contributed by atoms with E-state index in [2.05, 4.69) is 161 Å². The van der Waals surface area contributed by atoms with Crippen LogP contribution in [0.5, 0.6) is 0 Å². The van der Waals surface area contributed by atoms with Crippen LogP contribution >= 0.6 is 66.5 Å². The number of halogens is 6. The second-order valence-corrected chi connectivity index (χ2v) is 31.7. The summed E-state index contributed by atoms with van der Waals surface area (Å²) < 4.78 is 0. The van der Waals surface area contributed by atoms with Crippen LogP contribution in [-0.2, 0) is 19.4 Å². The van der Waals surface area contributed by atoms with Crippen molar-refractivity contribution in [2.75, 3.05) is 9.80 Å². The molecule has 6 rings (SSSR count). The van der Waals surface area contributed by atoms with Crippen molar-refractivity contribution >= 4 is 107 Å². The summed E-state index contributed by atoms with van der Waals surface area (Å²) in [4.78, 5) is 4.63. The molecule has 0 spiro atoms. The third kappa shape index (κ3) is 12.0. The molecule has 0 aromatic heterocycles. The Morgan fingerprint density at radius 3 is 1.15 bits per heavy atom. The van der Waals surface area contributed by atoms with Gasteiger partial charge in [0, 0.05) is 35.0 Å². The van der Waals surface area contributed by atoms with E-state index < -0.39 is 12.0 Å². The van der Waals surface area contributed by atoms with Crippen LogP contribution in [0.2, 0.25) is 12.1 Å².